The van der Waals surface area contributed by atoms with E-state index < -0.39 is 10.0 Å². The molecule has 3 aromatic rings. The normalized spacial score (nSPS) is 15.1. The summed E-state index contributed by atoms with van der Waals surface area (Å²) in [5.74, 6) is -0.0614. The van der Waals surface area contributed by atoms with E-state index in [0.29, 0.717) is 17.8 Å². The predicted molar refractivity (Wildman–Crippen MR) is 142 cm³/mol. The lowest BCUT2D eigenvalue weighted by Crippen LogP contribution is -2.36. The summed E-state index contributed by atoms with van der Waals surface area (Å²) in [4.78, 5) is 26.9. The van der Waals surface area contributed by atoms with Crippen LogP contribution >= 0.6 is 0 Å². The van der Waals surface area contributed by atoms with Gasteiger partial charge in [-0.25, -0.2) is 8.42 Å². The maximum absolute atomic E-state index is 13.1. The average molecular weight is 520 g/mol. The van der Waals surface area contributed by atoms with Gasteiger partial charge in [0, 0.05) is 30.3 Å². The Morgan fingerprint density at radius 1 is 0.973 bits per heavy atom. The number of benzene rings is 3. The van der Waals surface area contributed by atoms with Crippen LogP contribution in [0.3, 0.4) is 0 Å². The van der Waals surface area contributed by atoms with E-state index in [1.165, 1.54) is 12.1 Å². The molecule has 1 fully saturated rings. The molecule has 2 aliphatic rings. The number of sulfonamides is 1. The van der Waals surface area contributed by atoms with Crippen molar-refractivity contribution in [2.45, 2.75) is 30.6 Å². The first kappa shape index (κ1) is 25.0. The lowest BCUT2D eigenvalue weighted by Gasteiger charge is -2.30. The summed E-state index contributed by atoms with van der Waals surface area (Å²) in [6.45, 7) is 0.684. The molecule has 192 valence electrons. The van der Waals surface area contributed by atoms with Crippen LogP contribution in [0, 0.1) is 5.92 Å². The Bertz CT molecular complexity index is 1430. The molecule has 1 aliphatic carbocycles. The van der Waals surface area contributed by atoms with Crippen molar-refractivity contribution < 1.29 is 23.1 Å². The number of carbonyl (C=O) groups is 2. The molecule has 9 heteroatoms. The Labute approximate surface area is 216 Å². The van der Waals surface area contributed by atoms with Crippen molar-refractivity contribution in [1.29, 1.82) is 0 Å². The van der Waals surface area contributed by atoms with Crippen molar-refractivity contribution in [3.05, 3.63) is 77.9 Å². The van der Waals surface area contributed by atoms with Gasteiger partial charge < -0.3 is 15.3 Å². The Morgan fingerprint density at radius 2 is 1.76 bits per heavy atom. The second-order valence-corrected chi connectivity index (χ2v) is 11.1. The maximum atomic E-state index is 13.1. The summed E-state index contributed by atoms with van der Waals surface area (Å²) in [5, 5.41) is 11.5. The second kappa shape index (κ2) is 10.4. The van der Waals surface area contributed by atoms with Crippen LogP contribution in [0.15, 0.2) is 71.6 Å². The van der Waals surface area contributed by atoms with Gasteiger partial charge in [-0.1, -0.05) is 30.3 Å². The van der Waals surface area contributed by atoms with E-state index in [9.17, 15) is 18.0 Å². The van der Waals surface area contributed by atoms with Gasteiger partial charge in [0.15, 0.2) is 0 Å². The number of aryl methyl sites for hydroxylation is 1. The van der Waals surface area contributed by atoms with Crippen LogP contribution in [0.1, 0.15) is 35.2 Å². The standard InChI is InChI=1S/C28H29N3O5S/c32-16-14-29-27(33)23-4-1-3-22(17-23)19-9-12-25(13-10-19)37(35,36)30-24-11-8-20-5-2-15-31(26(20)18-24)28(34)21-6-7-21/h1,3-4,8-13,17-18,21,30,32H,2,5-7,14-16H2,(H,29,33). The molecule has 0 unspecified atom stereocenters. The van der Waals surface area contributed by atoms with Crippen molar-refractivity contribution in [1.82, 2.24) is 5.32 Å². The monoisotopic (exact) mass is 519 g/mol. The van der Waals surface area contributed by atoms with Crippen LogP contribution in [0.4, 0.5) is 11.4 Å². The third-order valence-corrected chi connectivity index (χ3v) is 8.07. The SMILES string of the molecule is O=C(NCCO)c1cccc(-c2ccc(S(=O)(=O)Nc3ccc4c(c3)N(C(=O)C3CC3)CCC4)cc2)c1. The zero-order chi connectivity index (χ0) is 26.0. The number of nitrogens with zero attached hydrogens (tertiary/aromatic N) is 1. The maximum Gasteiger partial charge on any atom is 0.261 e. The third kappa shape index (κ3) is 5.52. The van der Waals surface area contributed by atoms with E-state index >= 15 is 0 Å². The van der Waals surface area contributed by atoms with Gasteiger partial charge in [-0.15, -0.1) is 0 Å². The third-order valence-electron chi connectivity index (χ3n) is 6.67. The molecule has 0 bridgehead atoms. The van der Waals surface area contributed by atoms with Gasteiger partial charge >= 0.3 is 0 Å². The van der Waals surface area contributed by atoms with Gasteiger partial charge in [0.25, 0.3) is 15.9 Å². The Balaban J connectivity index is 1.33. The number of rotatable bonds is 8. The molecular weight excluding hydrogens is 490 g/mol. The zero-order valence-corrected chi connectivity index (χ0v) is 21.1. The minimum absolute atomic E-state index is 0.0976. The molecule has 0 saturated heterocycles. The number of carbonyl (C=O) groups excluding carboxylic acids is 2. The van der Waals surface area contributed by atoms with Gasteiger partial charge in [-0.05, 0) is 78.8 Å². The van der Waals surface area contributed by atoms with Gasteiger partial charge in [0.1, 0.15) is 0 Å². The lowest BCUT2D eigenvalue weighted by atomic mass is 10.0. The fourth-order valence-electron chi connectivity index (χ4n) is 4.57. The minimum atomic E-state index is -3.85. The lowest BCUT2D eigenvalue weighted by molar-refractivity contribution is -0.119. The van der Waals surface area contributed by atoms with E-state index in [2.05, 4.69) is 10.0 Å². The van der Waals surface area contributed by atoms with E-state index in [4.69, 9.17) is 5.11 Å². The first-order valence-electron chi connectivity index (χ1n) is 12.4. The Hall–Kier alpha value is -3.69. The molecule has 37 heavy (non-hydrogen) atoms. The number of hydrogen-bond donors (Lipinski definition) is 3. The molecule has 2 amide bonds. The highest BCUT2D eigenvalue weighted by Gasteiger charge is 2.35. The molecule has 3 N–H and O–H groups in total. The van der Waals surface area contributed by atoms with Crippen LogP contribution in [0.2, 0.25) is 0 Å². The summed E-state index contributed by atoms with van der Waals surface area (Å²) >= 11 is 0. The van der Waals surface area contributed by atoms with Crippen LogP contribution < -0.4 is 14.9 Å². The molecule has 1 heterocycles. The second-order valence-electron chi connectivity index (χ2n) is 9.40. The molecule has 5 rings (SSSR count). The van der Waals surface area contributed by atoms with Crippen LogP contribution in [0.25, 0.3) is 11.1 Å². The van der Waals surface area contributed by atoms with E-state index in [0.717, 1.165) is 48.1 Å². The van der Waals surface area contributed by atoms with Crippen molar-refractivity contribution in [2.24, 2.45) is 5.92 Å². The number of aliphatic hydroxyl groups excluding tert-OH is 1. The highest BCUT2D eigenvalue weighted by molar-refractivity contribution is 7.92. The number of fused-ring (bicyclic) bond motifs is 1. The average Bonchev–Trinajstić information content (AvgIpc) is 3.77. The van der Waals surface area contributed by atoms with Gasteiger partial charge in [0.05, 0.1) is 17.2 Å². The number of nitrogens with one attached hydrogen (secondary N) is 2. The molecule has 1 aliphatic heterocycles. The molecule has 8 nitrogen and oxygen atoms in total. The van der Waals surface area contributed by atoms with Gasteiger partial charge in [-0.2, -0.15) is 0 Å². The van der Waals surface area contributed by atoms with E-state index in [-0.39, 0.29) is 35.8 Å². The van der Waals surface area contributed by atoms with Crippen LogP contribution in [-0.2, 0) is 21.2 Å². The molecule has 0 aromatic heterocycles. The molecule has 1 saturated carbocycles. The largest absolute Gasteiger partial charge is 0.395 e. The summed E-state index contributed by atoms with van der Waals surface area (Å²) < 4.78 is 28.9. The van der Waals surface area contributed by atoms with E-state index in [1.807, 2.05) is 12.1 Å². The summed E-state index contributed by atoms with van der Waals surface area (Å²) in [5.41, 5.74) is 4.25. The highest BCUT2D eigenvalue weighted by atomic mass is 32.2. The van der Waals surface area contributed by atoms with Crippen molar-refractivity contribution in [2.75, 3.05) is 29.3 Å². The van der Waals surface area contributed by atoms with Gasteiger partial charge in [0.2, 0.25) is 5.91 Å². The summed E-state index contributed by atoms with van der Waals surface area (Å²) in [7, 11) is -3.85. The van der Waals surface area contributed by atoms with Crippen LogP contribution in [-0.4, -0.2) is 45.0 Å². The van der Waals surface area contributed by atoms with Crippen molar-refractivity contribution >= 4 is 33.2 Å². The molecule has 0 atom stereocenters. The number of amides is 2. The number of hydrogen-bond acceptors (Lipinski definition) is 5. The quantitative estimate of drug-likeness (QED) is 0.421. The Kier molecular flexibility index (Phi) is 6.99. The summed E-state index contributed by atoms with van der Waals surface area (Å²) in [6.07, 6.45) is 3.62. The highest BCUT2D eigenvalue weighted by Crippen LogP contribution is 2.37. The number of anilines is 2. The molecule has 0 spiro atoms. The fourth-order valence-corrected chi connectivity index (χ4v) is 5.62. The molecule has 3 aromatic carbocycles. The topological polar surface area (TPSA) is 116 Å². The smallest absolute Gasteiger partial charge is 0.261 e. The molecular formula is C28H29N3O5S. The fraction of sp³-hybridized carbons (Fsp3) is 0.286. The Morgan fingerprint density at radius 3 is 2.49 bits per heavy atom. The predicted octanol–water partition coefficient (Wildman–Crippen LogP) is 3.57. The van der Waals surface area contributed by atoms with Crippen molar-refractivity contribution in [3.8, 4) is 11.1 Å². The van der Waals surface area contributed by atoms with E-state index in [1.54, 1.807) is 47.4 Å². The van der Waals surface area contributed by atoms with Crippen LogP contribution in [0.5, 0.6) is 0 Å². The first-order chi connectivity index (χ1) is 17.9. The van der Waals surface area contributed by atoms with Crippen molar-refractivity contribution in [3.63, 3.8) is 0 Å². The van der Waals surface area contributed by atoms with Gasteiger partial charge in [-0.3, -0.25) is 14.3 Å². The zero-order valence-electron chi connectivity index (χ0n) is 20.3. The summed E-state index contributed by atoms with van der Waals surface area (Å²) in [6, 6.07) is 18.8. The first-order valence-corrected chi connectivity index (χ1v) is 13.9. The number of aliphatic hydroxyl groups is 1. The minimum Gasteiger partial charge on any atom is -0.395 e. The molecule has 0 radical (unpaired) electrons.